The normalized spacial score (nSPS) is 10.3. The molecular weight excluding hydrogens is 244 g/mol. The smallest absolute Gasteiger partial charge is 0.284 e. The predicted molar refractivity (Wildman–Crippen MR) is 70.8 cm³/mol. The number of carbonyl (C=O) groups is 1. The van der Waals surface area contributed by atoms with E-state index in [9.17, 15) is 4.79 Å². The highest BCUT2D eigenvalue weighted by molar-refractivity contribution is 5.80. The Morgan fingerprint density at radius 3 is 2.37 bits per heavy atom. The van der Waals surface area contributed by atoms with Gasteiger partial charge in [0.25, 0.3) is 5.91 Å². The number of methoxy groups -OCH3 is 1. The number of aromatic nitrogens is 2. The van der Waals surface area contributed by atoms with Gasteiger partial charge in [-0.15, -0.1) is 0 Å². The molecule has 2 rings (SSSR count). The minimum absolute atomic E-state index is 0.0473. The molecule has 0 spiro atoms. The predicted octanol–water partition coefficient (Wildman–Crippen LogP) is 2.23. The van der Waals surface area contributed by atoms with Crippen LogP contribution in [0.5, 0.6) is 11.5 Å². The molecule has 0 radical (unpaired) electrons. The maximum absolute atomic E-state index is 11.9. The average Bonchev–Trinajstić information content (AvgIpc) is 2.75. The first-order valence-electron chi connectivity index (χ1n) is 5.93. The Labute approximate surface area is 111 Å². The SMILES string of the molecule is COc1ccc(OCC(=O)n2nc(C)cc2C)cc1. The van der Waals surface area contributed by atoms with E-state index in [1.165, 1.54) is 4.68 Å². The molecule has 0 amide bonds. The largest absolute Gasteiger partial charge is 0.497 e. The van der Waals surface area contributed by atoms with E-state index in [0.29, 0.717) is 5.75 Å². The Balaban J connectivity index is 1.98. The third kappa shape index (κ3) is 3.13. The van der Waals surface area contributed by atoms with Crippen LogP contribution in [0.3, 0.4) is 0 Å². The number of aryl methyl sites for hydroxylation is 2. The van der Waals surface area contributed by atoms with Gasteiger partial charge >= 0.3 is 0 Å². The van der Waals surface area contributed by atoms with Crippen molar-refractivity contribution in [2.75, 3.05) is 13.7 Å². The lowest BCUT2D eigenvalue weighted by Crippen LogP contribution is -2.21. The lowest BCUT2D eigenvalue weighted by molar-refractivity contribution is 0.0818. The molecular formula is C14H16N2O3. The van der Waals surface area contributed by atoms with Crippen LogP contribution in [0.25, 0.3) is 0 Å². The van der Waals surface area contributed by atoms with Crippen LogP contribution in [0.4, 0.5) is 0 Å². The highest BCUT2D eigenvalue weighted by Gasteiger charge is 2.10. The Hall–Kier alpha value is -2.30. The van der Waals surface area contributed by atoms with Crippen molar-refractivity contribution >= 4 is 5.91 Å². The van der Waals surface area contributed by atoms with Gasteiger partial charge in [0.05, 0.1) is 12.8 Å². The Morgan fingerprint density at radius 2 is 1.84 bits per heavy atom. The first-order valence-corrected chi connectivity index (χ1v) is 5.93. The molecule has 2 aromatic rings. The topological polar surface area (TPSA) is 53.4 Å². The molecule has 0 aliphatic rings. The maximum atomic E-state index is 11.9. The molecule has 1 aromatic heterocycles. The molecule has 0 aliphatic carbocycles. The van der Waals surface area contributed by atoms with Crippen molar-refractivity contribution in [1.82, 2.24) is 9.78 Å². The molecule has 0 unspecified atom stereocenters. The number of hydrogen-bond donors (Lipinski definition) is 0. The van der Waals surface area contributed by atoms with Crippen LogP contribution in [-0.2, 0) is 0 Å². The van der Waals surface area contributed by atoms with E-state index >= 15 is 0 Å². The minimum Gasteiger partial charge on any atom is -0.497 e. The molecule has 1 aromatic carbocycles. The molecule has 0 atom stereocenters. The molecule has 5 nitrogen and oxygen atoms in total. The summed E-state index contributed by atoms with van der Waals surface area (Å²) in [7, 11) is 1.60. The number of rotatable bonds is 4. The highest BCUT2D eigenvalue weighted by atomic mass is 16.5. The molecule has 0 fully saturated rings. The van der Waals surface area contributed by atoms with E-state index in [4.69, 9.17) is 9.47 Å². The Kier molecular flexibility index (Phi) is 3.85. The summed E-state index contributed by atoms with van der Waals surface area (Å²) in [6.45, 7) is 3.64. The minimum atomic E-state index is -0.193. The second-order valence-electron chi connectivity index (χ2n) is 4.20. The van der Waals surface area contributed by atoms with Crippen molar-refractivity contribution in [2.45, 2.75) is 13.8 Å². The van der Waals surface area contributed by atoms with E-state index in [2.05, 4.69) is 5.10 Å². The highest BCUT2D eigenvalue weighted by Crippen LogP contribution is 2.17. The summed E-state index contributed by atoms with van der Waals surface area (Å²) in [5.41, 5.74) is 1.62. The number of carbonyl (C=O) groups excluding carboxylic acids is 1. The van der Waals surface area contributed by atoms with Crippen molar-refractivity contribution in [3.05, 3.63) is 41.7 Å². The van der Waals surface area contributed by atoms with Crippen molar-refractivity contribution in [3.8, 4) is 11.5 Å². The van der Waals surface area contributed by atoms with Crippen LogP contribution in [0.1, 0.15) is 16.2 Å². The summed E-state index contributed by atoms with van der Waals surface area (Å²) < 4.78 is 11.8. The zero-order valence-electron chi connectivity index (χ0n) is 11.2. The van der Waals surface area contributed by atoms with Gasteiger partial charge in [-0.1, -0.05) is 0 Å². The standard InChI is InChI=1S/C14H16N2O3/c1-10-8-11(2)16(15-10)14(17)9-19-13-6-4-12(18-3)5-7-13/h4-8H,9H2,1-3H3. The molecule has 1 heterocycles. The fraction of sp³-hybridized carbons (Fsp3) is 0.286. The van der Waals surface area contributed by atoms with Crippen LogP contribution in [0.15, 0.2) is 30.3 Å². The van der Waals surface area contributed by atoms with Gasteiger partial charge in [-0.3, -0.25) is 4.79 Å². The Bertz CT molecular complexity index is 573. The number of hydrogen-bond acceptors (Lipinski definition) is 4. The van der Waals surface area contributed by atoms with Gasteiger partial charge in [0.15, 0.2) is 6.61 Å². The molecule has 0 N–H and O–H groups in total. The zero-order valence-corrected chi connectivity index (χ0v) is 11.2. The third-order valence-electron chi connectivity index (χ3n) is 2.67. The first-order chi connectivity index (χ1) is 9.10. The molecule has 19 heavy (non-hydrogen) atoms. The van der Waals surface area contributed by atoms with Crippen molar-refractivity contribution in [2.24, 2.45) is 0 Å². The molecule has 100 valence electrons. The zero-order chi connectivity index (χ0) is 13.8. The molecule has 5 heteroatoms. The average molecular weight is 260 g/mol. The summed E-state index contributed by atoms with van der Waals surface area (Å²) in [5.74, 6) is 1.18. The van der Waals surface area contributed by atoms with Crippen LogP contribution in [0.2, 0.25) is 0 Å². The fourth-order valence-corrected chi connectivity index (χ4v) is 1.76. The molecule has 0 saturated heterocycles. The molecule has 0 bridgehead atoms. The van der Waals surface area contributed by atoms with Gasteiger partial charge < -0.3 is 9.47 Å². The summed E-state index contributed by atoms with van der Waals surface area (Å²) in [4.78, 5) is 11.9. The first kappa shape index (κ1) is 13.1. The lowest BCUT2D eigenvalue weighted by Gasteiger charge is -2.07. The number of nitrogens with zero attached hydrogens (tertiary/aromatic N) is 2. The van der Waals surface area contributed by atoms with Gasteiger partial charge in [0.2, 0.25) is 0 Å². The van der Waals surface area contributed by atoms with Crippen LogP contribution in [-0.4, -0.2) is 29.4 Å². The fourth-order valence-electron chi connectivity index (χ4n) is 1.76. The Morgan fingerprint density at radius 1 is 1.21 bits per heavy atom. The van der Waals surface area contributed by atoms with Crippen molar-refractivity contribution < 1.29 is 14.3 Å². The van der Waals surface area contributed by atoms with E-state index < -0.39 is 0 Å². The maximum Gasteiger partial charge on any atom is 0.284 e. The van der Waals surface area contributed by atoms with Crippen molar-refractivity contribution in [1.29, 1.82) is 0 Å². The molecule has 0 aliphatic heterocycles. The summed E-state index contributed by atoms with van der Waals surface area (Å²) >= 11 is 0. The van der Waals surface area contributed by atoms with Gasteiger partial charge in [0.1, 0.15) is 11.5 Å². The second kappa shape index (κ2) is 5.56. The van der Waals surface area contributed by atoms with Gasteiger partial charge in [-0.05, 0) is 44.2 Å². The van der Waals surface area contributed by atoms with Gasteiger partial charge in [-0.25, -0.2) is 4.68 Å². The van der Waals surface area contributed by atoms with Crippen LogP contribution < -0.4 is 9.47 Å². The van der Waals surface area contributed by atoms with E-state index in [-0.39, 0.29) is 12.5 Å². The summed E-state index contributed by atoms with van der Waals surface area (Å²) in [6, 6.07) is 8.93. The van der Waals surface area contributed by atoms with Gasteiger partial charge in [-0.2, -0.15) is 5.10 Å². The summed E-state index contributed by atoms with van der Waals surface area (Å²) in [6.07, 6.45) is 0. The summed E-state index contributed by atoms with van der Waals surface area (Å²) in [5, 5.41) is 4.12. The quantitative estimate of drug-likeness (QED) is 0.846. The number of ether oxygens (including phenoxy) is 2. The number of benzene rings is 1. The third-order valence-corrected chi connectivity index (χ3v) is 2.67. The second-order valence-corrected chi connectivity index (χ2v) is 4.20. The van der Waals surface area contributed by atoms with E-state index in [1.54, 1.807) is 31.4 Å². The lowest BCUT2D eigenvalue weighted by atomic mass is 10.3. The van der Waals surface area contributed by atoms with E-state index in [0.717, 1.165) is 17.1 Å². The molecule has 0 saturated carbocycles. The van der Waals surface area contributed by atoms with E-state index in [1.807, 2.05) is 19.9 Å². The van der Waals surface area contributed by atoms with Gasteiger partial charge in [0, 0.05) is 5.69 Å². The van der Waals surface area contributed by atoms with Crippen molar-refractivity contribution in [3.63, 3.8) is 0 Å². The van der Waals surface area contributed by atoms with Crippen LogP contribution in [0, 0.1) is 13.8 Å². The monoisotopic (exact) mass is 260 g/mol. The van der Waals surface area contributed by atoms with Crippen LogP contribution >= 0.6 is 0 Å².